The Morgan fingerprint density at radius 1 is 1.03 bits per heavy atom. The van der Waals surface area contributed by atoms with E-state index in [1.54, 1.807) is 6.07 Å². The first-order chi connectivity index (χ1) is 16.6. The maximum absolute atomic E-state index is 13.7. The Bertz CT molecular complexity index is 1160. The molecule has 2 amide bonds. The third kappa shape index (κ3) is 6.57. The quantitative estimate of drug-likeness (QED) is 0.253. The molecule has 3 N–H and O–H groups in total. The molecule has 2 rings (SSSR count). The lowest BCUT2D eigenvalue weighted by molar-refractivity contribution is 0.0892. The SMILES string of the molecule is CC(C#N)(COc1ccc(C(N)=O)cc1Cl)NC(=O)c1c(SF)c(SF)c(SF)c(SF)c1SF. The summed E-state index contributed by atoms with van der Waals surface area (Å²) in [5.41, 5.74) is 2.56. The Morgan fingerprint density at radius 3 is 1.91 bits per heavy atom. The number of ether oxygens (including phenoxy) is 1. The second kappa shape index (κ2) is 13.1. The van der Waals surface area contributed by atoms with Gasteiger partial charge in [-0.3, -0.25) is 9.59 Å². The van der Waals surface area contributed by atoms with Crippen molar-refractivity contribution in [3.8, 4) is 11.8 Å². The lowest BCUT2D eigenvalue weighted by Crippen LogP contribution is -2.49. The molecule has 0 aromatic heterocycles. The van der Waals surface area contributed by atoms with E-state index in [9.17, 15) is 34.3 Å². The number of nitrogens with two attached hydrogens (primary N) is 1. The van der Waals surface area contributed by atoms with Crippen molar-refractivity contribution in [2.24, 2.45) is 5.73 Å². The number of carbonyl (C=O) groups is 2. The monoisotopic (exact) mass is 607 g/mol. The van der Waals surface area contributed by atoms with Crippen molar-refractivity contribution < 1.29 is 33.8 Å². The van der Waals surface area contributed by atoms with Crippen molar-refractivity contribution in [1.29, 1.82) is 5.26 Å². The van der Waals surface area contributed by atoms with Gasteiger partial charge < -0.3 is 15.8 Å². The van der Waals surface area contributed by atoms with Crippen LogP contribution < -0.4 is 15.8 Å². The van der Waals surface area contributed by atoms with Gasteiger partial charge in [0.2, 0.25) is 5.91 Å². The summed E-state index contributed by atoms with van der Waals surface area (Å²) in [6.07, 6.45) is 0. The Kier molecular flexibility index (Phi) is 11.0. The van der Waals surface area contributed by atoms with Crippen LogP contribution >= 0.6 is 72.3 Å². The Hall–Kier alpha value is -1.64. The highest BCUT2D eigenvalue weighted by Crippen LogP contribution is 2.52. The molecule has 0 radical (unpaired) electrons. The fourth-order valence-electron chi connectivity index (χ4n) is 2.61. The smallest absolute Gasteiger partial charge is 0.255 e. The maximum atomic E-state index is 13.7. The number of hydrogen-bond donors (Lipinski definition) is 2. The van der Waals surface area contributed by atoms with E-state index in [1.165, 1.54) is 25.1 Å². The number of nitrogens with zero attached hydrogens (tertiary/aromatic N) is 1. The van der Waals surface area contributed by atoms with Gasteiger partial charge >= 0.3 is 0 Å². The van der Waals surface area contributed by atoms with Crippen LogP contribution in [0, 0.1) is 11.3 Å². The van der Waals surface area contributed by atoms with E-state index in [4.69, 9.17) is 22.1 Å². The number of amides is 2. The number of nitrogens with one attached hydrogen (secondary N) is 1. The molecule has 0 spiro atoms. The fraction of sp³-hybridized carbons (Fsp3) is 0.167. The molecular weight excluding hydrogens is 597 g/mol. The molecule has 2 aromatic rings. The van der Waals surface area contributed by atoms with E-state index in [1.807, 2.05) is 0 Å². The van der Waals surface area contributed by atoms with Crippen molar-refractivity contribution in [2.75, 3.05) is 6.61 Å². The number of rotatable bonds is 11. The zero-order valence-corrected chi connectivity index (χ0v) is 21.8. The van der Waals surface area contributed by atoms with Gasteiger partial charge in [-0.25, -0.2) is 0 Å². The van der Waals surface area contributed by atoms with E-state index in [-0.39, 0.29) is 16.3 Å². The standard InChI is InChI=1S/C18H11ClF5N3O3S5/c1-18(5-25,6-30-9-3-2-7(16(26)28)4-8(9)19)27-17(29)10-11(31-20)13(33-22)15(35-24)14(34-23)12(10)32-21/h2-4H,6H2,1H3,(H2,26,28)(H,27,29). The van der Waals surface area contributed by atoms with Gasteiger partial charge in [0, 0.05) is 5.56 Å². The van der Waals surface area contributed by atoms with Crippen LogP contribution in [-0.4, -0.2) is 24.0 Å². The van der Waals surface area contributed by atoms with Crippen LogP contribution in [0.1, 0.15) is 27.6 Å². The topological polar surface area (TPSA) is 105 Å². The summed E-state index contributed by atoms with van der Waals surface area (Å²) in [6.45, 7) is 0.650. The minimum absolute atomic E-state index is 0.0175. The highest BCUT2D eigenvalue weighted by molar-refractivity contribution is 8.00. The minimum Gasteiger partial charge on any atom is -0.488 e. The van der Waals surface area contributed by atoms with Gasteiger partial charge in [0.1, 0.15) is 12.4 Å². The number of carbonyl (C=O) groups excluding carboxylic acids is 2. The molecule has 35 heavy (non-hydrogen) atoms. The maximum Gasteiger partial charge on any atom is 0.255 e. The van der Waals surface area contributed by atoms with Crippen LogP contribution in [0.15, 0.2) is 42.7 Å². The first kappa shape index (κ1) is 29.6. The van der Waals surface area contributed by atoms with Crippen molar-refractivity contribution in [3.63, 3.8) is 0 Å². The fourth-order valence-corrected chi connectivity index (χ4v) is 5.78. The number of primary amides is 1. The molecule has 0 aliphatic carbocycles. The molecule has 0 aliphatic rings. The first-order valence-electron chi connectivity index (χ1n) is 8.74. The van der Waals surface area contributed by atoms with Crippen molar-refractivity contribution >= 4 is 84.2 Å². The molecule has 188 valence electrons. The second-order valence-corrected chi connectivity index (χ2v) is 9.82. The molecule has 0 aliphatic heterocycles. The zero-order valence-electron chi connectivity index (χ0n) is 17.0. The van der Waals surface area contributed by atoms with Crippen molar-refractivity contribution in [1.82, 2.24) is 5.32 Å². The van der Waals surface area contributed by atoms with Gasteiger partial charge in [-0.2, -0.15) is 24.7 Å². The van der Waals surface area contributed by atoms with Gasteiger partial charge in [-0.15, -0.1) is 0 Å². The van der Waals surface area contributed by atoms with Crippen LogP contribution in [0.3, 0.4) is 0 Å². The molecule has 1 unspecified atom stereocenters. The molecule has 0 saturated carbocycles. The van der Waals surface area contributed by atoms with Gasteiger partial charge in [0.15, 0.2) is 5.54 Å². The summed E-state index contributed by atoms with van der Waals surface area (Å²) in [7, 11) is 0. The summed E-state index contributed by atoms with van der Waals surface area (Å²) >= 11 is 2.69. The zero-order chi connectivity index (χ0) is 26.3. The molecule has 6 nitrogen and oxygen atoms in total. The number of halogens is 6. The molecular formula is C18H11ClF5N3O3S5. The predicted octanol–water partition coefficient (Wildman–Crippen LogP) is 7.41. The number of benzene rings is 2. The predicted molar refractivity (Wildman–Crippen MR) is 128 cm³/mol. The summed E-state index contributed by atoms with van der Waals surface area (Å²) in [5.74, 6) is -2.01. The molecule has 0 bridgehead atoms. The van der Waals surface area contributed by atoms with E-state index in [0.29, 0.717) is 0 Å². The molecule has 0 saturated heterocycles. The summed E-state index contributed by atoms with van der Waals surface area (Å²) in [5, 5.41) is 11.8. The van der Waals surface area contributed by atoms with Gasteiger partial charge in [-0.05, 0) is 25.1 Å². The first-order valence-corrected chi connectivity index (χ1v) is 12.7. The third-order valence-electron chi connectivity index (χ3n) is 4.26. The van der Waals surface area contributed by atoms with Crippen LogP contribution in [0.4, 0.5) is 19.4 Å². The van der Waals surface area contributed by atoms with Crippen molar-refractivity contribution in [3.05, 3.63) is 34.3 Å². The summed E-state index contributed by atoms with van der Waals surface area (Å²) < 4.78 is 73.3. The third-order valence-corrected chi connectivity index (χ3v) is 7.89. The molecule has 2 aromatic carbocycles. The molecule has 0 fully saturated rings. The number of nitriles is 1. The van der Waals surface area contributed by atoms with Gasteiger partial charge in [0.25, 0.3) is 5.91 Å². The van der Waals surface area contributed by atoms with Crippen LogP contribution in [0.25, 0.3) is 0 Å². The average molecular weight is 608 g/mol. The minimum atomic E-state index is -1.85. The van der Waals surface area contributed by atoms with Gasteiger partial charge in [-0.1, -0.05) is 11.6 Å². The van der Waals surface area contributed by atoms with Crippen LogP contribution in [0.2, 0.25) is 5.02 Å². The highest BCUT2D eigenvalue weighted by Gasteiger charge is 2.35. The summed E-state index contributed by atoms with van der Waals surface area (Å²) in [4.78, 5) is 20.3. The van der Waals surface area contributed by atoms with Crippen LogP contribution in [0.5, 0.6) is 5.75 Å². The average Bonchev–Trinajstić information content (AvgIpc) is 2.85. The second-order valence-electron chi connectivity index (χ2n) is 6.60. The largest absolute Gasteiger partial charge is 0.488 e. The lowest BCUT2D eigenvalue weighted by atomic mass is 10.0. The highest BCUT2D eigenvalue weighted by atomic mass is 35.5. The van der Waals surface area contributed by atoms with E-state index >= 15 is 0 Å². The number of hydrogen-bond acceptors (Lipinski definition) is 9. The molecule has 17 heteroatoms. The Balaban J connectivity index is 2.44. The molecule has 0 heterocycles. The van der Waals surface area contributed by atoms with Crippen molar-refractivity contribution in [2.45, 2.75) is 36.9 Å². The normalized spacial score (nSPS) is 12.5. The lowest BCUT2D eigenvalue weighted by Gasteiger charge is -2.25. The Labute approximate surface area is 223 Å². The Morgan fingerprint density at radius 2 is 1.51 bits per heavy atom. The van der Waals surface area contributed by atoms with Gasteiger partial charge in [0.05, 0.1) is 102 Å². The van der Waals surface area contributed by atoms with Crippen LogP contribution in [-0.2, 0) is 0 Å². The van der Waals surface area contributed by atoms with E-state index in [0.717, 1.165) is 0 Å². The summed E-state index contributed by atoms with van der Waals surface area (Å²) in [6, 6.07) is 5.57. The van der Waals surface area contributed by atoms with E-state index in [2.05, 4.69) is 5.32 Å². The van der Waals surface area contributed by atoms with E-state index < -0.39 is 115 Å². The molecule has 1 atom stereocenters.